The number of rotatable bonds is 0. The number of carbonyl (C=O) groups is 1. The van der Waals surface area contributed by atoms with E-state index in [2.05, 4.69) is 0 Å². The monoisotopic (exact) mass is 276 g/mol. The predicted octanol–water partition coefficient (Wildman–Crippen LogP) is 0.882. The van der Waals surface area contributed by atoms with Crippen LogP contribution in [0.3, 0.4) is 0 Å². The van der Waals surface area contributed by atoms with Gasteiger partial charge < -0.3 is 23.7 Å². The minimum atomic E-state index is -2.56. The van der Waals surface area contributed by atoms with Crippen molar-refractivity contribution in [3.63, 3.8) is 0 Å². The van der Waals surface area contributed by atoms with Gasteiger partial charge in [-0.25, -0.2) is 0 Å². The molecule has 0 aromatic rings. The molecule has 3 rings (SSSR count). The summed E-state index contributed by atoms with van der Waals surface area (Å²) in [7, 11) is 0. The van der Waals surface area contributed by atoms with Crippen molar-refractivity contribution in [1.82, 2.24) is 0 Å². The zero-order valence-electron chi connectivity index (χ0n) is 11.3. The summed E-state index contributed by atoms with van der Waals surface area (Å²) in [5, 5.41) is 0. The fourth-order valence-corrected chi connectivity index (χ4v) is 2.64. The molecule has 0 aliphatic carbocycles. The number of halogens is 1. The molecule has 0 radical (unpaired) electrons. The lowest BCUT2D eigenvalue weighted by molar-refractivity contribution is -0.286. The minimum Gasteiger partial charge on any atom is -0.344 e. The summed E-state index contributed by atoms with van der Waals surface area (Å²) in [6, 6.07) is 0. The molecule has 3 saturated heterocycles. The van der Waals surface area contributed by atoms with Crippen LogP contribution < -0.4 is 0 Å². The highest BCUT2D eigenvalue weighted by molar-refractivity contribution is 5.94. The zero-order valence-corrected chi connectivity index (χ0v) is 11.3. The van der Waals surface area contributed by atoms with Gasteiger partial charge in [0.1, 0.15) is 6.61 Å². The second kappa shape index (κ2) is 3.53. The maximum atomic E-state index is 14.9. The number of ketones is 1. The molecule has 0 saturated carbocycles. The van der Waals surface area contributed by atoms with Crippen molar-refractivity contribution in [3.8, 4) is 0 Å². The van der Waals surface area contributed by atoms with Gasteiger partial charge in [0.15, 0.2) is 17.7 Å². The SMILES string of the molecule is CC1(C)OC[C@]2(OC[C@H]3OC(C)(C)O[C@@]3(F)C2=O)O1. The van der Waals surface area contributed by atoms with Crippen molar-refractivity contribution >= 4 is 5.78 Å². The number of alkyl halides is 1. The van der Waals surface area contributed by atoms with Crippen LogP contribution in [0.4, 0.5) is 4.39 Å². The maximum Gasteiger partial charge on any atom is 0.305 e. The lowest BCUT2D eigenvalue weighted by Crippen LogP contribution is -2.64. The average Bonchev–Trinajstić information content (AvgIpc) is 2.70. The van der Waals surface area contributed by atoms with Crippen LogP contribution in [0.5, 0.6) is 0 Å². The molecule has 6 nitrogen and oxygen atoms in total. The fourth-order valence-electron chi connectivity index (χ4n) is 2.64. The van der Waals surface area contributed by atoms with Gasteiger partial charge in [-0.3, -0.25) is 4.79 Å². The van der Waals surface area contributed by atoms with E-state index in [1.165, 1.54) is 0 Å². The van der Waals surface area contributed by atoms with Gasteiger partial charge in [-0.05, 0) is 27.7 Å². The average molecular weight is 276 g/mol. The molecule has 7 heteroatoms. The molecule has 0 amide bonds. The van der Waals surface area contributed by atoms with Crippen LogP contribution in [-0.4, -0.2) is 48.3 Å². The third-order valence-corrected chi connectivity index (χ3v) is 3.38. The molecule has 3 aliphatic rings. The van der Waals surface area contributed by atoms with E-state index in [1.807, 2.05) is 0 Å². The van der Waals surface area contributed by atoms with E-state index in [-0.39, 0.29) is 13.2 Å². The Morgan fingerprint density at radius 1 is 1.11 bits per heavy atom. The van der Waals surface area contributed by atoms with Gasteiger partial charge in [0.25, 0.3) is 11.6 Å². The van der Waals surface area contributed by atoms with Crippen LogP contribution in [0.25, 0.3) is 0 Å². The number of hydrogen-bond acceptors (Lipinski definition) is 6. The van der Waals surface area contributed by atoms with Crippen LogP contribution in [0.1, 0.15) is 27.7 Å². The number of fused-ring (bicyclic) bond motifs is 1. The topological polar surface area (TPSA) is 63.2 Å². The summed E-state index contributed by atoms with van der Waals surface area (Å²) in [6.07, 6.45) is -1.09. The Labute approximate surface area is 110 Å². The molecule has 0 N–H and O–H groups in total. The summed E-state index contributed by atoms with van der Waals surface area (Å²) in [5.74, 6) is -7.44. The minimum absolute atomic E-state index is 0.134. The van der Waals surface area contributed by atoms with E-state index in [0.29, 0.717) is 0 Å². The Bertz CT molecular complexity index is 430. The molecule has 0 aromatic carbocycles. The van der Waals surface area contributed by atoms with E-state index in [9.17, 15) is 9.18 Å². The molecule has 108 valence electrons. The molecule has 3 aliphatic heterocycles. The predicted molar refractivity (Wildman–Crippen MR) is 58.7 cm³/mol. The van der Waals surface area contributed by atoms with Crippen molar-refractivity contribution < 1.29 is 32.9 Å². The van der Waals surface area contributed by atoms with Crippen LogP contribution in [0.2, 0.25) is 0 Å². The molecule has 3 heterocycles. The van der Waals surface area contributed by atoms with Gasteiger partial charge in [-0.2, -0.15) is 4.39 Å². The quantitative estimate of drug-likeness (QED) is 0.654. The van der Waals surface area contributed by atoms with E-state index in [4.69, 9.17) is 23.7 Å². The van der Waals surface area contributed by atoms with Gasteiger partial charge in [-0.15, -0.1) is 0 Å². The molecular formula is C12H17FO6. The van der Waals surface area contributed by atoms with E-state index in [0.717, 1.165) is 0 Å². The summed E-state index contributed by atoms with van der Waals surface area (Å²) in [6.45, 7) is 6.05. The van der Waals surface area contributed by atoms with E-state index >= 15 is 0 Å². The number of carbonyl (C=O) groups excluding carboxylic acids is 1. The fraction of sp³-hybridized carbons (Fsp3) is 0.917. The highest BCUT2D eigenvalue weighted by atomic mass is 19.2. The molecule has 1 spiro atoms. The molecule has 3 atom stereocenters. The number of hydrogen-bond donors (Lipinski definition) is 0. The standard InChI is InChI=1S/C12H17FO6/c1-9(2)16-6-11(18-9)8(14)12(13)7(5-15-11)17-10(3,4)19-12/h7H,5-6H2,1-4H3/t7-,11+,12-/m1/s1. The molecule has 0 unspecified atom stereocenters. The van der Waals surface area contributed by atoms with Crippen molar-refractivity contribution in [2.24, 2.45) is 0 Å². The van der Waals surface area contributed by atoms with Crippen LogP contribution in [-0.2, 0) is 28.5 Å². The summed E-state index contributed by atoms with van der Waals surface area (Å²) in [4.78, 5) is 12.4. The van der Waals surface area contributed by atoms with E-state index in [1.54, 1.807) is 27.7 Å². The highest BCUT2D eigenvalue weighted by Crippen LogP contribution is 2.47. The molecule has 19 heavy (non-hydrogen) atoms. The number of ether oxygens (including phenoxy) is 5. The van der Waals surface area contributed by atoms with Gasteiger partial charge in [0, 0.05) is 0 Å². The Balaban J connectivity index is 1.92. The van der Waals surface area contributed by atoms with Crippen LogP contribution in [0.15, 0.2) is 0 Å². The first kappa shape index (κ1) is 13.4. The Hall–Kier alpha value is -0.600. The Kier molecular flexibility index (Phi) is 2.49. The third-order valence-electron chi connectivity index (χ3n) is 3.38. The Morgan fingerprint density at radius 3 is 2.37 bits per heavy atom. The van der Waals surface area contributed by atoms with Gasteiger partial charge in [0.05, 0.1) is 6.61 Å². The van der Waals surface area contributed by atoms with Crippen molar-refractivity contribution in [2.75, 3.05) is 13.2 Å². The third kappa shape index (κ3) is 1.84. The van der Waals surface area contributed by atoms with Crippen molar-refractivity contribution in [3.05, 3.63) is 0 Å². The van der Waals surface area contributed by atoms with Crippen LogP contribution >= 0.6 is 0 Å². The smallest absolute Gasteiger partial charge is 0.305 e. The first-order chi connectivity index (χ1) is 8.59. The number of Topliss-reactive ketones (excluding diaryl/α,β-unsaturated/α-hetero) is 1. The van der Waals surface area contributed by atoms with E-state index < -0.39 is 35.1 Å². The van der Waals surface area contributed by atoms with Crippen molar-refractivity contribution in [1.29, 1.82) is 0 Å². The lowest BCUT2D eigenvalue weighted by Gasteiger charge is -2.38. The molecule has 3 fully saturated rings. The zero-order chi connectivity index (χ0) is 14.1. The van der Waals surface area contributed by atoms with Crippen LogP contribution in [0, 0.1) is 0 Å². The first-order valence-corrected chi connectivity index (χ1v) is 6.19. The summed E-state index contributed by atoms with van der Waals surface area (Å²) < 4.78 is 41.6. The molecule has 0 bridgehead atoms. The maximum absolute atomic E-state index is 14.9. The van der Waals surface area contributed by atoms with Gasteiger partial charge >= 0.3 is 5.85 Å². The second-order valence-electron chi connectivity index (χ2n) is 5.94. The van der Waals surface area contributed by atoms with Crippen molar-refractivity contribution in [2.45, 2.75) is 57.0 Å². The highest BCUT2D eigenvalue weighted by Gasteiger charge is 2.71. The normalized spacial score (nSPS) is 47.6. The Morgan fingerprint density at radius 2 is 1.79 bits per heavy atom. The largest absolute Gasteiger partial charge is 0.344 e. The first-order valence-electron chi connectivity index (χ1n) is 6.19. The second-order valence-corrected chi connectivity index (χ2v) is 5.94. The summed E-state index contributed by atoms with van der Waals surface area (Å²) in [5.41, 5.74) is 0. The van der Waals surface area contributed by atoms with Gasteiger partial charge in [0.2, 0.25) is 0 Å². The lowest BCUT2D eigenvalue weighted by atomic mass is 9.97. The molecular weight excluding hydrogens is 259 g/mol. The van der Waals surface area contributed by atoms with Gasteiger partial charge in [-0.1, -0.05) is 0 Å². The molecule has 0 aromatic heterocycles. The summed E-state index contributed by atoms with van der Waals surface area (Å²) >= 11 is 0.